The number of nitrogens with one attached hydrogen (secondary N) is 1. The molecule has 1 saturated heterocycles. The average molecular weight is 234 g/mol. The number of amides is 1. The van der Waals surface area contributed by atoms with E-state index in [4.69, 9.17) is 4.74 Å². The van der Waals surface area contributed by atoms with Crippen molar-refractivity contribution in [2.45, 2.75) is 19.3 Å². The van der Waals surface area contributed by atoms with Gasteiger partial charge in [0.2, 0.25) is 0 Å². The molecule has 0 saturated carbocycles. The Kier molecular flexibility index (Phi) is 4.50. The summed E-state index contributed by atoms with van der Waals surface area (Å²) in [6.07, 6.45) is 4.88. The third-order valence-corrected chi connectivity index (χ3v) is 3.08. The molecule has 0 spiro atoms. The molecule has 17 heavy (non-hydrogen) atoms. The van der Waals surface area contributed by atoms with Crippen LogP contribution < -0.4 is 5.32 Å². The van der Waals surface area contributed by atoms with E-state index in [2.05, 4.69) is 10.3 Å². The van der Waals surface area contributed by atoms with Crippen molar-refractivity contribution in [3.05, 3.63) is 30.1 Å². The molecule has 1 fully saturated rings. The maximum absolute atomic E-state index is 11.7. The Balaban J connectivity index is 1.69. The van der Waals surface area contributed by atoms with Crippen molar-refractivity contribution in [2.75, 3.05) is 19.8 Å². The molecule has 1 amide bonds. The Labute approximate surface area is 101 Å². The highest BCUT2D eigenvalue weighted by molar-refractivity contribution is 5.92. The molecular formula is C13H18N2O2. The van der Waals surface area contributed by atoms with Gasteiger partial charge in [-0.25, -0.2) is 0 Å². The van der Waals surface area contributed by atoms with E-state index in [0.29, 0.717) is 11.6 Å². The zero-order valence-corrected chi connectivity index (χ0v) is 9.89. The summed E-state index contributed by atoms with van der Waals surface area (Å²) in [5.74, 6) is 0.602. The number of carbonyl (C=O) groups is 1. The van der Waals surface area contributed by atoms with Crippen LogP contribution >= 0.6 is 0 Å². The Morgan fingerprint density at radius 2 is 2.24 bits per heavy atom. The molecule has 4 nitrogen and oxygen atoms in total. The second-order valence-electron chi connectivity index (χ2n) is 4.32. The standard InChI is InChI=1S/C13H18N2O2/c16-13(12-3-1-2-7-14-12)15-8-4-11-5-9-17-10-6-11/h1-3,7,11H,4-6,8-10H2,(H,15,16). The summed E-state index contributed by atoms with van der Waals surface area (Å²) in [6, 6.07) is 5.35. The SMILES string of the molecule is O=C(NCCC1CCOCC1)c1ccccn1. The second kappa shape index (κ2) is 6.35. The van der Waals surface area contributed by atoms with Gasteiger partial charge in [0.05, 0.1) is 0 Å². The van der Waals surface area contributed by atoms with Gasteiger partial charge in [-0.3, -0.25) is 9.78 Å². The number of rotatable bonds is 4. The van der Waals surface area contributed by atoms with E-state index < -0.39 is 0 Å². The van der Waals surface area contributed by atoms with Crippen LogP contribution in [-0.2, 0) is 4.74 Å². The lowest BCUT2D eigenvalue weighted by molar-refractivity contribution is 0.0636. The number of pyridine rings is 1. The third kappa shape index (κ3) is 3.82. The van der Waals surface area contributed by atoms with Crippen LogP contribution in [0.15, 0.2) is 24.4 Å². The van der Waals surface area contributed by atoms with E-state index in [9.17, 15) is 4.79 Å². The summed E-state index contributed by atoms with van der Waals surface area (Å²) in [6.45, 7) is 2.44. The minimum absolute atomic E-state index is 0.0855. The normalized spacial score (nSPS) is 16.7. The summed E-state index contributed by atoms with van der Waals surface area (Å²) in [7, 11) is 0. The van der Waals surface area contributed by atoms with Gasteiger partial charge in [-0.1, -0.05) is 6.07 Å². The Hall–Kier alpha value is -1.42. The van der Waals surface area contributed by atoms with Crippen LogP contribution in [0.5, 0.6) is 0 Å². The first-order valence-corrected chi connectivity index (χ1v) is 6.13. The number of carbonyl (C=O) groups excluding carboxylic acids is 1. The third-order valence-electron chi connectivity index (χ3n) is 3.08. The van der Waals surface area contributed by atoms with Crippen LogP contribution in [0, 0.1) is 5.92 Å². The topological polar surface area (TPSA) is 51.2 Å². The zero-order valence-electron chi connectivity index (χ0n) is 9.89. The molecular weight excluding hydrogens is 216 g/mol. The number of nitrogens with zero attached hydrogens (tertiary/aromatic N) is 1. The highest BCUT2D eigenvalue weighted by Crippen LogP contribution is 2.17. The van der Waals surface area contributed by atoms with E-state index >= 15 is 0 Å². The molecule has 0 bridgehead atoms. The van der Waals surface area contributed by atoms with Crippen molar-refractivity contribution in [3.8, 4) is 0 Å². The fourth-order valence-electron chi connectivity index (χ4n) is 2.01. The lowest BCUT2D eigenvalue weighted by Gasteiger charge is -2.21. The minimum Gasteiger partial charge on any atom is -0.381 e. The molecule has 1 aliphatic heterocycles. The molecule has 1 aliphatic rings. The van der Waals surface area contributed by atoms with Crippen molar-refractivity contribution in [1.82, 2.24) is 10.3 Å². The van der Waals surface area contributed by atoms with Crippen LogP contribution in [0.25, 0.3) is 0 Å². The maximum Gasteiger partial charge on any atom is 0.269 e. The van der Waals surface area contributed by atoms with E-state index in [1.165, 1.54) is 0 Å². The summed E-state index contributed by atoms with van der Waals surface area (Å²) in [5, 5.41) is 2.90. The first-order chi connectivity index (χ1) is 8.36. The van der Waals surface area contributed by atoms with Gasteiger partial charge in [0.1, 0.15) is 5.69 Å². The van der Waals surface area contributed by atoms with Gasteiger partial charge in [-0.15, -0.1) is 0 Å². The highest BCUT2D eigenvalue weighted by atomic mass is 16.5. The summed E-state index contributed by atoms with van der Waals surface area (Å²) < 4.78 is 5.30. The molecule has 2 heterocycles. The van der Waals surface area contributed by atoms with Gasteiger partial charge < -0.3 is 10.1 Å². The molecule has 0 aliphatic carbocycles. The lowest BCUT2D eigenvalue weighted by Crippen LogP contribution is -2.28. The lowest BCUT2D eigenvalue weighted by atomic mass is 9.97. The molecule has 1 aromatic heterocycles. The zero-order chi connectivity index (χ0) is 11.9. The molecule has 0 atom stereocenters. The van der Waals surface area contributed by atoms with Crippen molar-refractivity contribution >= 4 is 5.91 Å². The van der Waals surface area contributed by atoms with Gasteiger partial charge in [0, 0.05) is 26.0 Å². The summed E-state index contributed by atoms with van der Waals surface area (Å²) >= 11 is 0. The summed E-state index contributed by atoms with van der Waals surface area (Å²) in [5.41, 5.74) is 0.486. The smallest absolute Gasteiger partial charge is 0.269 e. The summed E-state index contributed by atoms with van der Waals surface area (Å²) in [4.78, 5) is 15.7. The molecule has 2 rings (SSSR count). The van der Waals surface area contributed by atoms with Gasteiger partial charge in [0.15, 0.2) is 0 Å². The van der Waals surface area contributed by atoms with E-state index in [0.717, 1.165) is 39.0 Å². The first kappa shape index (κ1) is 12.0. The fourth-order valence-corrected chi connectivity index (χ4v) is 2.01. The first-order valence-electron chi connectivity index (χ1n) is 6.13. The molecule has 1 aromatic rings. The molecule has 92 valence electrons. The largest absolute Gasteiger partial charge is 0.381 e. The predicted octanol–water partition coefficient (Wildman–Crippen LogP) is 1.63. The number of hydrogen-bond acceptors (Lipinski definition) is 3. The molecule has 0 radical (unpaired) electrons. The molecule has 1 N–H and O–H groups in total. The number of aromatic nitrogens is 1. The van der Waals surface area contributed by atoms with Gasteiger partial charge >= 0.3 is 0 Å². The highest BCUT2D eigenvalue weighted by Gasteiger charge is 2.14. The van der Waals surface area contributed by atoms with Crippen molar-refractivity contribution in [3.63, 3.8) is 0 Å². The monoisotopic (exact) mass is 234 g/mol. The van der Waals surface area contributed by atoms with E-state index in [1.807, 2.05) is 6.07 Å². The molecule has 4 heteroatoms. The fraction of sp³-hybridized carbons (Fsp3) is 0.538. The second-order valence-corrected chi connectivity index (χ2v) is 4.32. The number of ether oxygens (including phenoxy) is 1. The Morgan fingerprint density at radius 1 is 1.41 bits per heavy atom. The van der Waals surface area contributed by atoms with Crippen LogP contribution in [-0.4, -0.2) is 30.6 Å². The van der Waals surface area contributed by atoms with Crippen LogP contribution in [0.2, 0.25) is 0 Å². The van der Waals surface area contributed by atoms with Gasteiger partial charge in [-0.05, 0) is 37.3 Å². The van der Waals surface area contributed by atoms with Crippen molar-refractivity contribution in [1.29, 1.82) is 0 Å². The van der Waals surface area contributed by atoms with Crippen molar-refractivity contribution < 1.29 is 9.53 Å². The van der Waals surface area contributed by atoms with Crippen LogP contribution in [0.4, 0.5) is 0 Å². The van der Waals surface area contributed by atoms with Crippen LogP contribution in [0.1, 0.15) is 29.8 Å². The maximum atomic E-state index is 11.7. The van der Waals surface area contributed by atoms with E-state index in [1.54, 1.807) is 18.3 Å². The van der Waals surface area contributed by atoms with Crippen LogP contribution in [0.3, 0.4) is 0 Å². The van der Waals surface area contributed by atoms with E-state index in [-0.39, 0.29) is 5.91 Å². The van der Waals surface area contributed by atoms with Crippen molar-refractivity contribution in [2.24, 2.45) is 5.92 Å². The Morgan fingerprint density at radius 3 is 2.94 bits per heavy atom. The molecule has 0 aromatic carbocycles. The average Bonchev–Trinajstić information content (AvgIpc) is 2.41. The van der Waals surface area contributed by atoms with Gasteiger partial charge in [0.25, 0.3) is 5.91 Å². The Bertz CT molecular complexity index is 348. The van der Waals surface area contributed by atoms with Gasteiger partial charge in [-0.2, -0.15) is 0 Å². The quantitative estimate of drug-likeness (QED) is 0.861. The number of hydrogen-bond donors (Lipinski definition) is 1. The minimum atomic E-state index is -0.0855. The molecule has 0 unspecified atom stereocenters. The predicted molar refractivity (Wildman–Crippen MR) is 64.7 cm³/mol.